The molecular formula is C19H27N5O2S. The minimum atomic E-state index is 0.0107. The zero-order chi connectivity index (χ0) is 18.8. The third kappa shape index (κ3) is 4.07. The van der Waals surface area contributed by atoms with Gasteiger partial charge in [0, 0.05) is 45.1 Å². The number of nitrogens with zero attached hydrogens (tertiary/aromatic N) is 4. The van der Waals surface area contributed by atoms with Crippen LogP contribution in [-0.4, -0.2) is 64.7 Å². The molecule has 0 bridgehead atoms. The van der Waals surface area contributed by atoms with Crippen LogP contribution in [0.5, 0.6) is 0 Å². The molecule has 4 heterocycles. The molecule has 4 rings (SSSR count). The molecule has 0 saturated carbocycles. The van der Waals surface area contributed by atoms with Gasteiger partial charge in [-0.25, -0.2) is 4.98 Å². The highest BCUT2D eigenvalue weighted by Gasteiger charge is 2.28. The standard InChI is InChI=1S/C19H27N5O2S/c1-23(2)19(25)15-9-20-22-17(15)13-5-3-7-24(10-13)11-14-12-27-18(21-14)16-6-4-8-26-16/h9,12-13,16H,3-8,10-11H2,1-2H3,(H,20,22). The fourth-order valence-corrected chi connectivity index (χ4v) is 4.89. The van der Waals surface area contributed by atoms with Crippen LogP contribution in [0.15, 0.2) is 11.6 Å². The van der Waals surface area contributed by atoms with E-state index in [0.717, 1.165) is 68.3 Å². The van der Waals surface area contributed by atoms with Crippen molar-refractivity contribution in [2.24, 2.45) is 0 Å². The monoisotopic (exact) mass is 389 g/mol. The average molecular weight is 390 g/mol. The summed E-state index contributed by atoms with van der Waals surface area (Å²) in [6.45, 7) is 3.69. The van der Waals surface area contributed by atoms with E-state index in [4.69, 9.17) is 9.72 Å². The number of nitrogens with one attached hydrogen (secondary N) is 1. The van der Waals surface area contributed by atoms with Crippen molar-refractivity contribution in [2.45, 2.75) is 44.2 Å². The van der Waals surface area contributed by atoms with Crippen molar-refractivity contribution in [3.63, 3.8) is 0 Å². The molecule has 1 N–H and O–H groups in total. The highest BCUT2D eigenvalue weighted by atomic mass is 32.1. The molecular weight excluding hydrogens is 362 g/mol. The molecule has 7 nitrogen and oxygen atoms in total. The van der Waals surface area contributed by atoms with Gasteiger partial charge in [0.15, 0.2) is 0 Å². The molecule has 2 aromatic heterocycles. The van der Waals surface area contributed by atoms with Gasteiger partial charge in [0.1, 0.15) is 11.1 Å². The van der Waals surface area contributed by atoms with E-state index in [0.29, 0.717) is 11.5 Å². The summed E-state index contributed by atoms with van der Waals surface area (Å²) in [7, 11) is 3.56. The van der Waals surface area contributed by atoms with Crippen molar-refractivity contribution >= 4 is 17.2 Å². The Kier molecular flexibility index (Phi) is 5.56. The first-order valence-electron chi connectivity index (χ1n) is 9.65. The number of rotatable bonds is 5. The molecule has 8 heteroatoms. The molecule has 2 aromatic rings. The molecule has 146 valence electrons. The second-order valence-corrected chi connectivity index (χ2v) is 8.54. The summed E-state index contributed by atoms with van der Waals surface area (Å²) in [6, 6.07) is 0. The van der Waals surface area contributed by atoms with E-state index in [1.54, 1.807) is 36.5 Å². The van der Waals surface area contributed by atoms with Crippen molar-refractivity contribution in [3.8, 4) is 0 Å². The van der Waals surface area contributed by atoms with E-state index in [1.165, 1.54) is 0 Å². The first-order valence-corrected chi connectivity index (χ1v) is 10.5. The van der Waals surface area contributed by atoms with E-state index in [1.807, 2.05) is 0 Å². The first kappa shape index (κ1) is 18.6. The molecule has 1 amide bonds. The average Bonchev–Trinajstić information content (AvgIpc) is 3.41. The normalized spacial score (nSPS) is 23.6. The minimum absolute atomic E-state index is 0.0107. The Morgan fingerprint density at radius 1 is 1.41 bits per heavy atom. The maximum Gasteiger partial charge on any atom is 0.256 e. The number of ether oxygens (including phenoxy) is 1. The lowest BCUT2D eigenvalue weighted by atomic mass is 9.92. The maximum absolute atomic E-state index is 12.4. The van der Waals surface area contributed by atoms with Gasteiger partial charge in [0.05, 0.1) is 23.1 Å². The van der Waals surface area contributed by atoms with Crippen LogP contribution in [-0.2, 0) is 11.3 Å². The van der Waals surface area contributed by atoms with Crippen molar-refractivity contribution in [2.75, 3.05) is 33.8 Å². The number of thiazole rings is 1. The van der Waals surface area contributed by atoms with Gasteiger partial charge < -0.3 is 9.64 Å². The largest absolute Gasteiger partial charge is 0.371 e. The van der Waals surface area contributed by atoms with Crippen LogP contribution < -0.4 is 0 Å². The van der Waals surface area contributed by atoms with Crippen molar-refractivity contribution in [3.05, 3.63) is 33.5 Å². The lowest BCUT2D eigenvalue weighted by Crippen LogP contribution is -2.35. The highest BCUT2D eigenvalue weighted by Crippen LogP contribution is 2.32. The van der Waals surface area contributed by atoms with E-state index in [2.05, 4.69) is 20.5 Å². The second-order valence-electron chi connectivity index (χ2n) is 7.65. The number of aromatic nitrogens is 3. The predicted octanol–water partition coefficient (Wildman–Crippen LogP) is 2.80. The zero-order valence-corrected chi connectivity index (χ0v) is 16.8. The van der Waals surface area contributed by atoms with Crippen LogP contribution in [0.2, 0.25) is 0 Å². The third-order valence-electron chi connectivity index (χ3n) is 5.38. The van der Waals surface area contributed by atoms with Gasteiger partial charge in [-0.05, 0) is 32.2 Å². The van der Waals surface area contributed by atoms with Crippen molar-refractivity contribution in [1.29, 1.82) is 0 Å². The smallest absolute Gasteiger partial charge is 0.256 e. The van der Waals surface area contributed by atoms with Gasteiger partial charge in [-0.1, -0.05) is 0 Å². The number of likely N-dealkylation sites (tertiary alicyclic amines) is 1. The number of aromatic amines is 1. The molecule has 2 fully saturated rings. The molecule has 0 radical (unpaired) electrons. The zero-order valence-electron chi connectivity index (χ0n) is 16.0. The Morgan fingerprint density at radius 2 is 2.30 bits per heavy atom. The number of H-pyrrole nitrogens is 1. The van der Waals surface area contributed by atoms with Crippen LogP contribution in [0.25, 0.3) is 0 Å². The Balaban J connectivity index is 1.42. The van der Waals surface area contributed by atoms with Gasteiger partial charge >= 0.3 is 0 Å². The number of carbonyl (C=O) groups is 1. The number of piperidine rings is 1. The molecule has 2 atom stereocenters. The van der Waals surface area contributed by atoms with Crippen LogP contribution in [0.1, 0.15) is 64.5 Å². The third-order valence-corrected chi connectivity index (χ3v) is 6.37. The van der Waals surface area contributed by atoms with Gasteiger partial charge in [0.2, 0.25) is 0 Å². The molecule has 0 aromatic carbocycles. The van der Waals surface area contributed by atoms with E-state index in [9.17, 15) is 4.79 Å². The second kappa shape index (κ2) is 8.08. The first-order chi connectivity index (χ1) is 13.1. The van der Waals surface area contributed by atoms with Crippen LogP contribution in [0.3, 0.4) is 0 Å². The predicted molar refractivity (Wildman–Crippen MR) is 104 cm³/mol. The van der Waals surface area contributed by atoms with Crippen LogP contribution >= 0.6 is 11.3 Å². The van der Waals surface area contributed by atoms with Crippen LogP contribution in [0, 0.1) is 0 Å². The molecule has 0 aliphatic carbocycles. The molecule has 2 saturated heterocycles. The van der Waals surface area contributed by atoms with Gasteiger partial charge in [-0.3, -0.25) is 14.8 Å². The molecule has 0 spiro atoms. The molecule has 2 aliphatic rings. The Morgan fingerprint density at radius 3 is 3.07 bits per heavy atom. The van der Waals surface area contributed by atoms with E-state index >= 15 is 0 Å². The van der Waals surface area contributed by atoms with Gasteiger partial charge in [0.25, 0.3) is 5.91 Å². The SMILES string of the molecule is CN(C)C(=O)c1cn[nH]c1C1CCCN(Cc2csc(C3CCCO3)n2)C1. The van der Waals surface area contributed by atoms with E-state index < -0.39 is 0 Å². The Labute approximate surface area is 163 Å². The minimum Gasteiger partial charge on any atom is -0.371 e. The van der Waals surface area contributed by atoms with Crippen LogP contribution in [0.4, 0.5) is 0 Å². The number of amides is 1. The Hall–Kier alpha value is -1.77. The summed E-state index contributed by atoms with van der Waals surface area (Å²) < 4.78 is 5.75. The van der Waals surface area contributed by atoms with Crippen molar-refractivity contribution in [1.82, 2.24) is 25.0 Å². The lowest BCUT2D eigenvalue weighted by Gasteiger charge is -2.32. The highest BCUT2D eigenvalue weighted by molar-refractivity contribution is 7.09. The molecule has 2 unspecified atom stereocenters. The fraction of sp³-hybridized carbons (Fsp3) is 0.632. The van der Waals surface area contributed by atoms with E-state index in [-0.39, 0.29) is 12.0 Å². The summed E-state index contributed by atoms with van der Waals surface area (Å²) >= 11 is 1.71. The summed E-state index contributed by atoms with van der Waals surface area (Å²) in [6.07, 6.45) is 6.26. The number of hydrogen-bond acceptors (Lipinski definition) is 6. The molecule has 27 heavy (non-hydrogen) atoms. The fourth-order valence-electron chi connectivity index (χ4n) is 4.00. The lowest BCUT2D eigenvalue weighted by molar-refractivity contribution is 0.0825. The summed E-state index contributed by atoms with van der Waals surface area (Å²) in [4.78, 5) is 21.3. The molecule has 2 aliphatic heterocycles. The van der Waals surface area contributed by atoms with Crippen molar-refractivity contribution < 1.29 is 9.53 Å². The maximum atomic E-state index is 12.4. The number of hydrogen-bond donors (Lipinski definition) is 1. The summed E-state index contributed by atoms with van der Waals surface area (Å²) in [5.74, 6) is 0.313. The Bertz CT molecular complexity index is 781. The topological polar surface area (TPSA) is 74.4 Å². The van der Waals surface area contributed by atoms with Gasteiger partial charge in [-0.15, -0.1) is 11.3 Å². The quantitative estimate of drug-likeness (QED) is 0.851. The summed E-state index contributed by atoms with van der Waals surface area (Å²) in [5, 5.41) is 10.5. The number of carbonyl (C=O) groups excluding carboxylic acids is 1. The summed E-state index contributed by atoms with van der Waals surface area (Å²) in [5.41, 5.74) is 2.79. The van der Waals surface area contributed by atoms with Gasteiger partial charge in [-0.2, -0.15) is 5.10 Å².